The van der Waals surface area contributed by atoms with Crippen LogP contribution in [-0.4, -0.2) is 23.1 Å². The van der Waals surface area contributed by atoms with E-state index in [4.69, 9.17) is 4.74 Å². The minimum absolute atomic E-state index is 0.164. The molecule has 2 atom stereocenters. The standard InChI is InChI=1S/C14H16F2O3/c15-14(16)8-4-7-11(9-14)19-13(18)12(17)10-5-2-1-3-6-10/h1-3,5-6,11-12,17H,4,7-9H2/t11-,12-/m1/s1. The summed E-state index contributed by atoms with van der Waals surface area (Å²) in [5.74, 6) is -3.64. The molecule has 1 aliphatic carbocycles. The lowest BCUT2D eigenvalue weighted by Gasteiger charge is -2.29. The summed E-state index contributed by atoms with van der Waals surface area (Å²) in [5, 5.41) is 9.79. The number of alkyl halides is 2. The lowest BCUT2D eigenvalue weighted by molar-refractivity contribution is -0.168. The maximum Gasteiger partial charge on any atom is 0.339 e. The number of carbonyl (C=O) groups is 1. The van der Waals surface area contributed by atoms with Crippen LogP contribution in [0.5, 0.6) is 0 Å². The van der Waals surface area contributed by atoms with E-state index in [0.29, 0.717) is 18.4 Å². The van der Waals surface area contributed by atoms with Gasteiger partial charge in [0.05, 0.1) is 0 Å². The maximum atomic E-state index is 13.2. The zero-order valence-corrected chi connectivity index (χ0v) is 10.4. The van der Waals surface area contributed by atoms with Crippen LogP contribution in [0.3, 0.4) is 0 Å². The summed E-state index contributed by atoms with van der Waals surface area (Å²) < 4.78 is 31.3. The molecular formula is C14H16F2O3. The van der Waals surface area contributed by atoms with Gasteiger partial charge in [-0.3, -0.25) is 0 Å². The second-order valence-corrected chi connectivity index (χ2v) is 4.82. The number of aliphatic hydroxyl groups is 1. The number of halogens is 2. The first-order chi connectivity index (χ1) is 8.98. The monoisotopic (exact) mass is 270 g/mol. The van der Waals surface area contributed by atoms with Crippen molar-refractivity contribution >= 4 is 5.97 Å². The van der Waals surface area contributed by atoms with Crippen LogP contribution in [0.2, 0.25) is 0 Å². The molecule has 19 heavy (non-hydrogen) atoms. The molecule has 1 fully saturated rings. The van der Waals surface area contributed by atoms with Crippen molar-refractivity contribution in [3.63, 3.8) is 0 Å². The summed E-state index contributed by atoms with van der Waals surface area (Å²) in [6, 6.07) is 8.28. The normalized spacial score (nSPS) is 23.6. The molecule has 0 aliphatic heterocycles. The molecule has 0 unspecified atom stereocenters. The summed E-state index contributed by atoms with van der Waals surface area (Å²) >= 11 is 0. The molecule has 1 aliphatic rings. The Hall–Kier alpha value is -1.49. The van der Waals surface area contributed by atoms with E-state index in [1.807, 2.05) is 0 Å². The molecule has 5 heteroatoms. The number of esters is 1. The molecule has 0 heterocycles. The van der Waals surface area contributed by atoms with Crippen molar-refractivity contribution in [2.24, 2.45) is 0 Å². The zero-order valence-electron chi connectivity index (χ0n) is 10.4. The van der Waals surface area contributed by atoms with Crippen LogP contribution in [0.15, 0.2) is 30.3 Å². The van der Waals surface area contributed by atoms with Gasteiger partial charge in [-0.05, 0) is 18.4 Å². The molecule has 1 aromatic carbocycles. The van der Waals surface area contributed by atoms with Crippen molar-refractivity contribution in [3.8, 4) is 0 Å². The molecular weight excluding hydrogens is 254 g/mol. The molecule has 1 N–H and O–H groups in total. The van der Waals surface area contributed by atoms with Gasteiger partial charge in [0, 0.05) is 12.8 Å². The van der Waals surface area contributed by atoms with Crippen molar-refractivity contribution in [1.29, 1.82) is 0 Å². The number of benzene rings is 1. The van der Waals surface area contributed by atoms with Gasteiger partial charge in [0.1, 0.15) is 6.10 Å². The third-order valence-electron chi connectivity index (χ3n) is 3.22. The van der Waals surface area contributed by atoms with Crippen LogP contribution in [0.25, 0.3) is 0 Å². The van der Waals surface area contributed by atoms with E-state index in [1.165, 1.54) is 0 Å². The summed E-state index contributed by atoms with van der Waals surface area (Å²) in [4.78, 5) is 11.7. The topological polar surface area (TPSA) is 46.5 Å². The van der Waals surface area contributed by atoms with Crippen molar-refractivity contribution in [1.82, 2.24) is 0 Å². The van der Waals surface area contributed by atoms with Crippen LogP contribution in [-0.2, 0) is 9.53 Å². The molecule has 0 bridgehead atoms. The third kappa shape index (κ3) is 3.73. The highest BCUT2D eigenvalue weighted by Crippen LogP contribution is 2.35. The number of rotatable bonds is 3. The maximum absolute atomic E-state index is 13.2. The van der Waals surface area contributed by atoms with E-state index in [0.717, 1.165) is 0 Å². The van der Waals surface area contributed by atoms with E-state index in [9.17, 15) is 18.7 Å². The number of hydrogen-bond donors (Lipinski definition) is 1. The minimum atomic E-state index is -2.78. The van der Waals surface area contributed by atoms with Crippen LogP contribution >= 0.6 is 0 Å². The first-order valence-electron chi connectivity index (χ1n) is 6.29. The number of ether oxygens (including phenoxy) is 1. The fraction of sp³-hybridized carbons (Fsp3) is 0.500. The highest BCUT2D eigenvalue weighted by molar-refractivity contribution is 5.76. The second-order valence-electron chi connectivity index (χ2n) is 4.82. The average Bonchev–Trinajstić information content (AvgIpc) is 2.37. The van der Waals surface area contributed by atoms with Crippen molar-refractivity contribution in [3.05, 3.63) is 35.9 Å². The minimum Gasteiger partial charge on any atom is -0.460 e. The Bertz CT molecular complexity index is 434. The van der Waals surface area contributed by atoms with Gasteiger partial charge in [0.2, 0.25) is 0 Å². The van der Waals surface area contributed by atoms with Gasteiger partial charge in [0.25, 0.3) is 5.92 Å². The molecule has 104 valence electrons. The van der Waals surface area contributed by atoms with Crippen LogP contribution < -0.4 is 0 Å². The summed E-state index contributed by atoms with van der Waals surface area (Å²) in [6.07, 6.45) is -2.11. The molecule has 0 amide bonds. The Labute approximate surface area is 110 Å². The van der Waals surface area contributed by atoms with Crippen molar-refractivity contribution in [2.75, 3.05) is 0 Å². The van der Waals surface area contributed by atoms with Gasteiger partial charge in [-0.1, -0.05) is 30.3 Å². The Morgan fingerprint density at radius 1 is 1.37 bits per heavy atom. The van der Waals surface area contributed by atoms with E-state index >= 15 is 0 Å². The van der Waals surface area contributed by atoms with Crippen LogP contribution in [0, 0.1) is 0 Å². The fourth-order valence-corrected chi connectivity index (χ4v) is 2.23. The predicted octanol–water partition coefficient (Wildman–Crippen LogP) is 2.84. The zero-order chi connectivity index (χ0) is 13.9. The lowest BCUT2D eigenvalue weighted by Crippen LogP contribution is -2.33. The van der Waals surface area contributed by atoms with E-state index in [2.05, 4.69) is 0 Å². The van der Waals surface area contributed by atoms with Crippen molar-refractivity contribution in [2.45, 2.75) is 43.8 Å². The number of aliphatic hydroxyl groups excluding tert-OH is 1. The van der Waals surface area contributed by atoms with Gasteiger partial charge in [-0.2, -0.15) is 0 Å². The molecule has 0 aromatic heterocycles. The summed E-state index contributed by atoms with van der Waals surface area (Å²) in [5.41, 5.74) is 0.398. The first-order valence-corrected chi connectivity index (χ1v) is 6.29. The molecule has 0 spiro atoms. The van der Waals surface area contributed by atoms with Crippen molar-refractivity contribution < 1.29 is 23.4 Å². The summed E-state index contributed by atoms with van der Waals surface area (Å²) in [6.45, 7) is 0. The summed E-state index contributed by atoms with van der Waals surface area (Å²) in [7, 11) is 0. The molecule has 2 rings (SSSR count). The molecule has 1 saturated carbocycles. The van der Waals surface area contributed by atoms with Gasteiger partial charge < -0.3 is 9.84 Å². The van der Waals surface area contributed by atoms with Gasteiger partial charge >= 0.3 is 5.97 Å². The van der Waals surface area contributed by atoms with E-state index in [1.54, 1.807) is 30.3 Å². The third-order valence-corrected chi connectivity index (χ3v) is 3.22. The highest BCUT2D eigenvalue weighted by Gasteiger charge is 2.38. The first kappa shape index (κ1) is 13.9. The Balaban J connectivity index is 1.94. The Morgan fingerprint density at radius 2 is 2.05 bits per heavy atom. The quantitative estimate of drug-likeness (QED) is 0.859. The average molecular weight is 270 g/mol. The van der Waals surface area contributed by atoms with Gasteiger partial charge in [-0.25, -0.2) is 13.6 Å². The van der Waals surface area contributed by atoms with Gasteiger partial charge in [-0.15, -0.1) is 0 Å². The second kappa shape index (κ2) is 5.65. The molecule has 0 radical (unpaired) electrons. The van der Waals surface area contributed by atoms with Crippen LogP contribution in [0.1, 0.15) is 37.4 Å². The number of hydrogen-bond acceptors (Lipinski definition) is 3. The molecule has 0 saturated heterocycles. The molecule has 3 nitrogen and oxygen atoms in total. The van der Waals surface area contributed by atoms with E-state index in [-0.39, 0.29) is 6.42 Å². The van der Waals surface area contributed by atoms with Gasteiger partial charge in [0.15, 0.2) is 6.10 Å². The Morgan fingerprint density at radius 3 is 2.68 bits per heavy atom. The lowest BCUT2D eigenvalue weighted by atomic mass is 9.94. The van der Waals surface area contributed by atoms with Crippen LogP contribution in [0.4, 0.5) is 8.78 Å². The molecule has 1 aromatic rings. The highest BCUT2D eigenvalue weighted by atomic mass is 19.3. The largest absolute Gasteiger partial charge is 0.460 e. The Kier molecular flexibility index (Phi) is 4.14. The smallest absolute Gasteiger partial charge is 0.339 e. The van der Waals surface area contributed by atoms with E-state index < -0.39 is 30.5 Å². The SMILES string of the molecule is O=C(O[C@@H]1CCCC(F)(F)C1)[C@H](O)c1ccccc1. The number of carbonyl (C=O) groups excluding carboxylic acids is 1. The fourth-order valence-electron chi connectivity index (χ4n) is 2.23. The predicted molar refractivity (Wildman–Crippen MR) is 64.7 cm³/mol.